The fourth-order valence-electron chi connectivity index (χ4n) is 1.69. The van der Waals surface area contributed by atoms with Crippen LogP contribution in [0.1, 0.15) is 16.8 Å². The molecule has 0 saturated carbocycles. The highest BCUT2D eigenvalue weighted by atomic mass is 79.9. The lowest BCUT2D eigenvalue weighted by Gasteiger charge is -2.05. The Kier molecular flexibility index (Phi) is 3.59. The summed E-state index contributed by atoms with van der Waals surface area (Å²) in [7, 11) is 0. The van der Waals surface area contributed by atoms with Gasteiger partial charge in [0.2, 0.25) is 0 Å². The van der Waals surface area contributed by atoms with E-state index in [-0.39, 0.29) is 5.56 Å². The maximum absolute atomic E-state index is 11.8. The van der Waals surface area contributed by atoms with Gasteiger partial charge in [-0.15, -0.1) is 0 Å². The molecular weight excluding hydrogens is 300 g/mol. The largest absolute Gasteiger partial charge is 0.336 e. The Hall–Kier alpha value is -1.20. The summed E-state index contributed by atoms with van der Waals surface area (Å²) < 4.78 is 1.37. The average Bonchev–Trinajstić information content (AvgIpc) is 2.23. The third kappa shape index (κ3) is 2.92. The second-order valence-corrected chi connectivity index (χ2v) is 5.14. The van der Waals surface area contributed by atoms with Gasteiger partial charge >= 0.3 is 0 Å². The molecule has 1 aromatic carbocycles. The van der Waals surface area contributed by atoms with E-state index in [4.69, 9.17) is 12.2 Å². The first-order chi connectivity index (χ1) is 8.06. The molecule has 0 spiro atoms. The van der Waals surface area contributed by atoms with Gasteiger partial charge in [0.15, 0.2) is 4.77 Å². The van der Waals surface area contributed by atoms with Gasteiger partial charge in [-0.3, -0.25) is 9.78 Å². The van der Waals surface area contributed by atoms with Crippen molar-refractivity contribution in [3.63, 3.8) is 0 Å². The summed E-state index contributed by atoms with van der Waals surface area (Å²) in [5.41, 5.74) is 2.50. The summed E-state index contributed by atoms with van der Waals surface area (Å²) in [4.78, 5) is 17.4. The zero-order valence-electron chi connectivity index (χ0n) is 9.21. The van der Waals surface area contributed by atoms with Crippen molar-refractivity contribution in [2.24, 2.45) is 0 Å². The second-order valence-electron chi connectivity index (χ2n) is 3.82. The SMILES string of the molecule is Cc1[nH]c(=S)[nH]c(=O)c1Cc1cccc(Br)c1. The molecule has 2 rings (SSSR count). The van der Waals surface area contributed by atoms with Crippen molar-refractivity contribution in [3.8, 4) is 0 Å². The summed E-state index contributed by atoms with van der Waals surface area (Å²) >= 11 is 8.33. The van der Waals surface area contributed by atoms with Crippen LogP contribution in [0.2, 0.25) is 0 Å². The lowest BCUT2D eigenvalue weighted by Crippen LogP contribution is -2.16. The van der Waals surface area contributed by atoms with Gasteiger partial charge < -0.3 is 4.98 Å². The Bertz CT molecular complexity index is 660. The predicted octanol–water partition coefficient (Wildman–Crippen LogP) is 3.09. The molecule has 3 nitrogen and oxygen atoms in total. The van der Waals surface area contributed by atoms with Crippen LogP contribution in [-0.4, -0.2) is 9.97 Å². The molecule has 0 fully saturated rings. The molecule has 0 radical (unpaired) electrons. The minimum atomic E-state index is -0.119. The Balaban J connectivity index is 2.43. The van der Waals surface area contributed by atoms with Crippen LogP contribution in [0.4, 0.5) is 0 Å². The zero-order chi connectivity index (χ0) is 12.4. The number of aromatic nitrogens is 2. The Morgan fingerprint density at radius 1 is 1.35 bits per heavy atom. The molecule has 0 unspecified atom stereocenters. The average molecular weight is 311 g/mol. The van der Waals surface area contributed by atoms with Gasteiger partial charge in [0.05, 0.1) is 0 Å². The van der Waals surface area contributed by atoms with Crippen LogP contribution in [0.25, 0.3) is 0 Å². The highest BCUT2D eigenvalue weighted by molar-refractivity contribution is 9.10. The van der Waals surface area contributed by atoms with Crippen molar-refractivity contribution in [2.45, 2.75) is 13.3 Å². The van der Waals surface area contributed by atoms with E-state index in [1.54, 1.807) is 0 Å². The highest BCUT2D eigenvalue weighted by Crippen LogP contribution is 2.14. The first-order valence-electron chi connectivity index (χ1n) is 5.13. The van der Waals surface area contributed by atoms with Crippen LogP contribution in [0.3, 0.4) is 0 Å². The first kappa shape index (κ1) is 12.3. The molecule has 0 atom stereocenters. The topological polar surface area (TPSA) is 48.6 Å². The minimum Gasteiger partial charge on any atom is -0.336 e. The minimum absolute atomic E-state index is 0.119. The number of aromatic amines is 2. The summed E-state index contributed by atoms with van der Waals surface area (Å²) in [6, 6.07) is 7.90. The van der Waals surface area contributed by atoms with Crippen LogP contribution in [0.5, 0.6) is 0 Å². The van der Waals surface area contributed by atoms with Crippen molar-refractivity contribution in [2.75, 3.05) is 0 Å². The van der Waals surface area contributed by atoms with Crippen molar-refractivity contribution in [1.29, 1.82) is 0 Å². The van der Waals surface area contributed by atoms with Gasteiger partial charge in [-0.05, 0) is 36.8 Å². The molecule has 0 bridgehead atoms. The number of aryl methyl sites for hydroxylation is 1. The maximum Gasteiger partial charge on any atom is 0.255 e. The zero-order valence-corrected chi connectivity index (χ0v) is 11.6. The highest BCUT2D eigenvalue weighted by Gasteiger charge is 2.06. The molecule has 0 saturated heterocycles. The molecule has 1 heterocycles. The number of hydrogen-bond acceptors (Lipinski definition) is 2. The van der Waals surface area contributed by atoms with Crippen LogP contribution in [0, 0.1) is 11.7 Å². The normalized spacial score (nSPS) is 10.5. The predicted molar refractivity (Wildman–Crippen MR) is 73.9 cm³/mol. The molecule has 17 heavy (non-hydrogen) atoms. The van der Waals surface area contributed by atoms with Gasteiger partial charge in [0.1, 0.15) is 0 Å². The van der Waals surface area contributed by atoms with Crippen molar-refractivity contribution in [3.05, 3.63) is 60.7 Å². The number of H-pyrrole nitrogens is 2. The van der Waals surface area contributed by atoms with E-state index in [0.717, 1.165) is 21.3 Å². The van der Waals surface area contributed by atoms with Crippen LogP contribution in [-0.2, 0) is 6.42 Å². The summed E-state index contributed by atoms with van der Waals surface area (Å²) in [5, 5.41) is 0. The third-order valence-electron chi connectivity index (χ3n) is 2.52. The fraction of sp³-hybridized carbons (Fsp3) is 0.167. The smallest absolute Gasteiger partial charge is 0.255 e. The third-order valence-corrected chi connectivity index (χ3v) is 3.22. The molecule has 0 aliphatic heterocycles. The number of nitrogens with one attached hydrogen (secondary N) is 2. The summed E-state index contributed by atoms with van der Waals surface area (Å²) in [6.07, 6.45) is 0.590. The van der Waals surface area contributed by atoms with E-state index < -0.39 is 0 Å². The molecule has 2 N–H and O–H groups in total. The number of hydrogen-bond donors (Lipinski definition) is 2. The van der Waals surface area contributed by atoms with Crippen LogP contribution in [0.15, 0.2) is 33.5 Å². The molecule has 88 valence electrons. The van der Waals surface area contributed by atoms with Crippen molar-refractivity contribution >= 4 is 28.1 Å². The van der Waals surface area contributed by atoms with Gasteiger partial charge in [-0.2, -0.15) is 0 Å². The van der Waals surface area contributed by atoms with E-state index in [1.807, 2.05) is 31.2 Å². The van der Waals surface area contributed by atoms with Crippen molar-refractivity contribution in [1.82, 2.24) is 9.97 Å². The van der Waals surface area contributed by atoms with Crippen LogP contribution >= 0.6 is 28.1 Å². The second kappa shape index (κ2) is 4.98. The molecular formula is C12H11BrN2OS. The Labute approximate surface area is 112 Å². The summed E-state index contributed by atoms with van der Waals surface area (Å²) in [6.45, 7) is 1.86. The first-order valence-corrected chi connectivity index (χ1v) is 6.33. The Morgan fingerprint density at radius 3 is 2.76 bits per heavy atom. The molecule has 0 aliphatic rings. The van der Waals surface area contributed by atoms with Gasteiger partial charge in [0, 0.05) is 22.2 Å². The summed E-state index contributed by atoms with van der Waals surface area (Å²) in [5.74, 6) is 0. The van der Waals surface area contributed by atoms with E-state index in [1.165, 1.54) is 0 Å². The molecule has 5 heteroatoms. The number of rotatable bonds is 2. The van der Waals surface area contributed by atoms with Gasteiger partial charge in [-0.1, -0.05) is 28.1 Å². The Morgan fingerprint density at radius 2 is 2.12 bits per heavy atom. The molecule has 2 aromatic rings. The molecule has 1 aromatic heterocycles. The number of halogens is 1. The van der Waals surface area contributed by atoms with Gasteiger partial charge in [0.25, 0.3) is 5.56 Å². The van der Waals surface area contributed by atoms with E-state index in [9.17, 15) is 4.79 Å². The quantitative estimate of drug-likeness (QED) is 0.837. The van der Waals surface area contributed by atoms with E-state index in [2.05, 4.69) is 25.9 Å². The fourth-order valence-corrected chi connectivity index (χ4v) is 2.38. The van der Waals surface area contributed by atoms with Crippen molar-refractivity contribution < 1.29 is 0 Å². The lowest BCUT2D eigenvalue weighted by molar-refractivity contribution is 0.963. The standard InChI is InChI=1S/C12H11BrN2OS/c1-7-10(11(16)15-12(17)14-7)6-8-3-2-4-9(13)5-8/h2-5H,6H2,1H3,(H2,14,15,16,17). The van der Waals surface area contributed by atoms with Gasteiger partial charge in [-0.25, -0.2) is 0 Å². The lowest BCUT2D eigenvalue weighted by atomic mass is 10.1. The molecule has 0 aliphatic carbocycles. The van der Waals surface area contributed by atoms with E-state index >= 15 is 0 Å². The van der Waals surface area contributed by atoms with Crippen LogP contribution < -0.4 is 5.56 Å². The maximum atomic E-state index is 11.8. The molecule has 0 amide bonds. The monoisotopic (exact) mass is 310 g/mol. The number of benzene rings is 1. The van der Waals surface area contributed by atoms with E-state index in [0.29, 0.717) is 11.2 Å².